The summed E-state index contributed by atoms with van der Waals surface area (Å²) in [5, 5.41) is 21.3. The van der Waals surface area contributed by atoms with Crippen molar-refractivity contribution in [2.24, 2.45) is 0 Å². The van der Waals surface area contributed by atoms with E-state index in [4.69, 9.17) is 4.74 Å². The van der Waals surface area contributed by atoms with Gasteiger partial charge in [-0.1, -0.05) is 35.9 Å². The van der Waals surface area contributed by atoms with Gasteiger partial charge < -0.3 is 9.84 Å². The molecular formula is C15H15NO4. The number of rotatable bonds is 4. The third-order valence-electron chi connectivity index (χ3n) is 3.11. The van der Waals surface area contributed by atoms with Crippen LogP contribution in [-0.4, -0.2) is 17.1 Å². The fourth-order valence-electron chi connectivity index (χ4n) is 1.96. The van der Waals surface area contributed by atoms with Crippen LogP contribution in [0.1, 0.15) is 22.8 Å². The number of aliphatic hydroxyl groups excluding tert-OH is 1. The minimum absolute atomic E-state index is 0.156. The van der Waals surface area contributed by atoms with E-state index < -0.39 is 11.0 Å². The molecule has 0 spiro atoms. The van der Waals surface area contributed by atoms with E-state index in [-0.39, 0.29) is 11.4 Å². The molecule has 0 radical (unpaired) electrons. The number of nitro groups is 1. The van der Waals surface area contributed by atoms with Gasteiger partial charge in [0.15, 0.2) is 5.75 Å². The third-order valence-corrected chi connectivity index (χ3v) is 3.11. The van der Waals surface area contributed by atoms with Crippen molar-refractivity contribution in [3.05, 3.63) is 69.3 Å². The number of benzene rings is 2. The van der Waals surface area contributed by atoms with Crippen LogP contribution in [0, 0.1) is 17.0 Å². The second kappa shape index (κ2) is 5.71. The lowest BCUT2D eigenvalue weighted by atomic mass is 10.00. The number of methoxy groups -OCH3 is 1. The van der Waals surface area contributed by atoms with Gasteiger partial charge in [-0.2, -0.15) is 0 Å². The van der Waals surface area contributed by atoms with Gasteiger partial charge in [-0.05, 0) is 24.1 Å². The van der Waals surface area contributed by atoms with Crippen molar-refractivity contribution in [1.29, 1.82) is 0 Å². The first-order chi connectivity index (χ1) is 9.52. The smallest absolute Gasteiger partial charge is 0.311 e. The van der Waals surface area contributed by atoms with Gasteiger partial charge in [0.05, 0.1) is 12.0 Å². The number of nitrogens with zero attached hydrogens (tertiary/aromatic N) is 1. The SMILES string of the molecule is COc1ccc([C@H](O)c2ccc(C)cc2)cc1[N+](=O)[O-]. The zero-order valence-electron chi connectivity index (χ0n) is 11.2. The molecule has 2 aromatic rings. The summed E-state index contributed by atoms with van der Waals surface area (Å²) >= 11 is 0. The van der Waals surface area contributed by atoms with Gasteiger partial charge in [0.2, 0.25) is 0 Å². The zero-order chi connectivity index (χ0) is 14.7. The summed E-state index contributed by atoms with van der Waals surface area (Å²) in [6.45, 7) is 1.95. The normalized spacial score (nSPS) is 11.9. The first-order valence-electron chi connectivity index (χ1n) is 6.10. The molecule has 0 amide bonds. The maximum absolute atomic E-state index is 11.0. The minimum Gasteiger partial charge on any atom is -0.490 e. The minimum atomic E-state index is -0.903. The largest absolute Gasteiger partial charge is 0.490 e. The van der Waals surface area contributed by atoms with Gasteiger partial charge in [-0.25, -0.2) is 0 Å². The van der Waals surface area contributed by atoms with Gasteiger partial charge in [0.1, 0.15) is 6.10 Å². The van der Waals surface area contributed by atoms with E-state index in [1.165, 1.54) is 19.2 Å². The molecule has 0 heterocycles. The molecule has 0 aliphatic rings. The quantitative estimate of drug-likeness (QED) is 0.686. The van der Waals surface area contributed by atoms with Crippen LogP contribution in [0.3, 0.4) is 0 Å². The molecule has 0 aromatic heterocycles. The molecule has 20 heavy (non-hydrogen) atoms. The fraction of sp³-hybridized carbons (Fsp3) is 0.200. The molecular weight excluding hydrogens is 258 g/mol. The summed E-state index contributed by atoms with van der Waals surface area (Å²) in [4.78, 5) is 10.5. The van der Waals surface area contributed by atoms with Crippen LogP contribution in [0.25, 0.3) is 0 Å². The van der Waals surface area contributed by atoms with Crippen LogP contribution in [0.15, 0.2) is 42.5 Å². The van der Waals surface area contributed by atoms with Crippen molar-refractivity contribution in [1.82, 2.24) is 0 Å². The average molecular weight is 273 g/mol. The predicted octanol–water partition coefficient (Wildman–Crippen LogP) is 2.99. The highest BCUT2D eigenvalue weighted by Crippen LogP contribution is 2.32. The number of aryl methyl sites for hydroxylation is 1. The van der Waals surface area contributed by atoms with E-state index in [0.29, 0.717) is 11.1 Å². The number of hydrogen-bond donors (Lipinski definition) is 1. The summed E-state index contributed by atoms with van der Waals surface area (Å²) in [6.07, 6.45) is -0.903. The van der Waals surface area contributed by atoms with E-state index in [1.807, 2.05) is 19.1 Å². The summed E-state index contributed by atoms with van der Waals surface area (Å²) < 4.78 is 4.94. The van der Waals surface area contributed by atoms with Crippen LogP contribution < -0.4 is 4.74 Å². The predicted molar refractivity (Wildman–Crippen MR) is 74.9 cm³/mol. The second-order valence-corrected chi connectivity index (χ2v) is 4.50. The lowest BCUT2D eigenvalue weighted by molar-refractivity contribution is -0.385. The topological polar surface area (TPSA) is 72.6 Å². The Balaban J connectivity index is 2.39. The molecule has 0 aliphatic carbocycles. The van der Waals surface area contributed by atoms with E-state index >= 15 is 0 Å². The molecule has 2 rings (SSSR count). The summed E-state index contributed by atoms with van der Waals surface area (Å²) in [5.74, 6) is 0.176. The third kappa shape index (κ3) is 2.78. The molecule has 0 fully saturated rings. The van der Waals surface area contributed by atoms with E-state index in [0.717, 1.165) is 5.56 Å². The number of ether oxygens (including phenoxy) is 1. The Morgan fingerprint density at radius 2 is 1.75 bits per heavy atom. The van der Waals surface area contributed by atoms with Crippen molar-refractivity contribution >= 4 is 5.69 Å². The standard InChI is InChI=1S/C15H15NO4/c1-10-3-5-11(6-4-10)15(17)12-7-8-14(20-2)13(9-12)16(18)19/h3-9,15,17H,1-2H3/t15-/m1/s1. The average Bonchev–Trinajstić information content (AvgIpc) is 2.46. The summed E-state index contributed by atoms with van der Waals surface area (Å²) in [6, 6.07) is 11.8. The summed E-state index contributed by atoms with van der Waals surface area (Å²) in [5.41, 5.74) is 2.08. The Bertz CT molecular complexity index is 622. The molecule has 1 N–H and O–H groups in total. The molecule has 0 saturated carbocycles. The number of nitro benzene ring substituents is 1. The first kappa shape index (κ1) is 14.0. The molecule has 0 aliphatic heterocycles. The first-order valence-corrected chi connectivity index (χ1v) is 6.10. The van der Waals surface area contributed by atoms with Crippen LogP contribution >= 0.6 is 0 Å². The Morgan fingerprint density at radius 3 is 2.30 bits per heavy atom. The Labute approximate surface area is 116 Å². The number of aliphatic hydroxyl groups is 1. The Hall–Kier alpha value is -2.40. The highest BCUT2D eigenvalue weighted by Gasteiger charge is 2.19. The van der Waals surface area contributed by atoms with Crippen molar-refractivity contribution in [3.63, 3.8) is 0 Å². The van der Waals surface area contributed by atoms with Gasteiger partial charge >= 0.3 is 5.69 Å². The molecule has 104 valence electrons. The van der Waals surface area contributed by atoms with Crippen LogP contribution in [0.4, 0.5) is 5.69 Å². The van der Waals surface area contributed by atoms with Gasteiger partial charge in [-0.15, -0.1) is 0 Å². The lowest BCUT2D eigenvalue weighted by Crippen LogP contribution is -2.02. The Morgan fingerprint density at radius 1 is 1.15 bits per heavy atom. The van der Waals surface area contributed by atoms with Crippen molar-refractivity contribution < 1.29 is 14.8 Å². The van der Waals surface area contributed by atoms with Gasteiger partial charge in [0, 0.05) is 6.07 Å². The molecule has 2 aromatic carbocycles. The second-order valence-electron chi connectivity index (χ2n) is 4.50. The molecule has 0 saturated heterocycles. The molecule has 1 atom stereocenters. The van der Waals surface area contributed by atoms with E-state index in [2.05, 4.69) is 0 Å². The van der Waals surface area contributed by atoms with Crippen molar-refractivity contribution in [3.8, 4) is 5.75 Å². The van der Waals surface area contributed by atoms with Crippen molar-refractivity contribution in [2.75, 3.05) is 7.11 Å². The summed E-state index contributed by atoms with van der Waals surface area (Å²) in [7, 11) is 1.37. The van der Waals surface area contributed by atoms with E-state index in [1.54, 1.807) is 18.2 Å². The maximum atomic E-state index is 11.0. The van der Waals surface area contributed by atoms with Crippen LogP contribution in [0.2, 0.25) is 0 Å². The number of hydrogen-bond acceptors (Lipinski definition) is 4. The van der Waals surface area contributed by atoms with Crippen LogP contribution in [0.5, 0.6) is 5.75 Å². The highest BCUT2D eigenvalue weighted by molar-refractivity contribution is 5.50. The zero-order valence-corrected chi connectivity index (χ0v) is 11.2. The van der Waals surface area contributed by atoms with Crippen LogP contribution in [-0.2, 0) is 0 Å². The Kier molecular flexibility index (Phi) is 4.00. The lowest BCUT2D eigenvalue weighted by Gasteiger charge is -2.12. The van der Waals surface area contributed by atoms with Gasteiger partial charge in [0.25, 0.3) is 0 Å². The van der Waals surface area contributed by atoms with E-state index in [9.17, 15) is 15.2 Å². The molecule has 0 unspecified atom stereocenters. The fourth-order valence-corrected chi connectivity index (χ4v) is 1.96. The molecule has 5 heteroatoms. The molecule has 5 nitrogen and oxygen atoms in total. The van der Waals surface area contributed by atoms with Gasteiger partial charge in [-0.3, -0.25) is 10.1 Å². The monoisotopic (exact) mass is 273 g/mol. The molecule has 0 bridgehead atoms. The highest BCUT2D eigenvalue weighted by atomic mass is 16.6. The van der Waals surface area contributed by atoms with Crippen molar-refractivity contribution in [2.45, 2.75) is 13.0 Å². The maximum Gasteiger partial charge on any atom is 0.311 e.